The van der Waals surface area contributed by atoms with Crippen molar-refractivity contribution in [3.05, 3.63) is 75.9 Å². The molecule has 2 aromatic carbocycles. The highest BCUT2D eigenvalue weighted by Gasteiger charge is 2.13. The average molecular weight is 438 g/mol. The summed E-state index contributed by atoms with van der Waals surface area (Å²) in [5.41, 5.74) is 2.64. The van der Waals surface area contributed by atoms with Crippen molar-refractivity contribution in [2.45, 2.75) is 19.9 Å². The van der Waals surface area contributed by atoms with Crippen LogP contribution in [0.15, 0.2) is 59.8 Å². The summed E-state index contributed by atoms with van der Waals surface area (Å²) in [6, 6.07) is 12.7. The number of benzene rings is 2. The van der Waals surface area contributed by atoms with Crippen LogP contribution in [0.2, 0.25) is 5.02 Å². The number of hydrogen-bond acceptors (Lipinski definition) is 5. The maximum Gasteiger partial charge on any atom is 0.264 e. The molecule has 0 aliphatic heterocycles. The molecule has 0 aliphatic carbocycles. The molecule has 0 atom stereocenters. The van der Waals surface area contributed by atoms with Crippen LogP contribution >= 0.6 is 11.6 Å². The molecule has 0 fully saturated rings. The first-order chi connectivity index (χ1) is 15.0. The van der Waals surface area contributed by atoms with Crippen LogP contribution in [0.1, 0.15) is 12.0 Å². The van der Waals surface area contributed by atoms with Gasteiger partial charge < -0.3 is 10.1 Å². The predicted octanol–water partition coefficient (Wildman–Crippen LogP) is 3.58. The Bertz CT molecular complexity index is 1310. The van der Waals surface area contributed by atoms with Gasteiger partial charge >= 0.3 is 0 Å². The van der Waals surface area contributed by atoms with Gasteiger partial charge in [-0.2, -0.15) is 5.10 Å². The van der Waals surface area contributed by atoms with E-state index < -0.39 is 0 Å². The van der Waals surface area contributed by atoms with E-state index >= 15 is 0 Å². The van der Waals surface area contributed by atoms with Crippen LogP contribution < -0.4 is 15.6 Å². The van der Waals surface area contributed by atoms with E-state index in [-0.39, 0.29) is 24.4 Å². The fraction of sp³-hybridized carbons (Fsp3) is 0.182. The minimum Gasteiger partial charge on any atom is -0.495 e. The van der Waals surface area contributed by atoms with Gasteiger partial charge in [-0.15, -0.1) is 0 Å². The summed E-state index contributed by atoms with van der Waals surface area (Å²) >= 11 is 5.99. The van der Waals surface area contributed by atoms with Gasteiger partial charge in [0.2, 0.25) is 5.91 Å². The topological polar surface area (TPSA) is 91.0 Å². The Labute approximate surface area is 183 Å². The largest absolute Gasteiger partial charge is 0.495 e. The third kappa shape index (κ3) is 4.29. The van der Waals surface area contributed by atoms with Gasteiger partial charge in [-0.3, -0.25) is 14.2 Å². The molecule has 4 rings (SSSR count). The first-order valence-electron chi connectivity index (χ1n) is 9.60. The molecule has 2 aromatic heterocycles. The van der Waals surface area contributed by atoms with Crippen molar-refractivity contribution in [3.63, 3.8) is 0 Å². The zero-order chi connectivity index (χ0) is 22.0. The number of methoxy groups -OCH3 is 1. The monoisotopic (exact) mass is 437 g/mol. The van der Waals surface area contributed by atoms with E-state index in [1.54, 1.807) is 22.9 Å². The molecule has 158 valence electrons. The Hall–Kier alpha value is -3.65. The van der Waals surface area contributed by atoms with Crippen molar-refractivity contribution in [2.24, 2.45) is 0 Å². The summed E-state index contributed by atoms with van der Waals surface area (Å²) in [7, 11) is 1.51. The molecule has 31 heavy (non-hydrogen) atoms. The number of fused-ring (bicyclic) bond motifs is 1. The molecule has 2 heterocycles. The van der Waals surface area contributed by atoms with E-state index in [0.717, 1.165) is 11.3 Å². The third-order valence-electron chi connectivity index (χ3n) is 4.85. The molecule has 8 nitrogen and oxygen atoms in total. The van der Waals surface area contributed by atoms with Gasteiger partial charge in [0, 0.05) is 18.0 Å². The van der Waals surface area contributed by atoms with Crippen LogP contribution in [0, 0.1) is 6.92 Å². The average Bonchev–Trinajstić information content (AvgIpc) is 3.19. The number of halogens is 1. The smallest absolute Gasteiger partial charge is 0.264 e. The third-order valence-corrected chi connectivity index (χ3v) is 5.08. The number of amides is 1. The quantitative estimate of drug-likeness (QED) is 0.498. The number of anilines is 1. The SMILES string of the molecule is COc1ccc(Cl)cc1NC(=O)CCn1cnc2c(cnn2-c2ccc(C)cc2)c1=O. The fourth-order valence-corrected chi connectivity index (χ4v) is 3.37. The van der Waals surface area contributed by atoms with Gasteiger partial charge in [0.05, 0.1) is 31.0 Å². The molecule has 0 saturated carbocycles. The zero-order valence-electron chi connectivity index (χ0n) is 17.0. The van der Waals surface area contributed by atoms with E-state index in [0.29, 0.717) is 27.5 Å². The standard InChI is InChI=1S/C22H20ClN5O3/c1-14-3-6-16(7-4-14)28-21-17(12-25-28)22(30)27(13-24-21)10-9-20(29)26-18-11-15(23)5-8-19(18)31-2/h3-8,11-13H,9-10H2,1-2H3,(H,26,29). The van der Waals surface area contributed by atoms with Crippen molar-refractivity contribution >= 4 is 34.2 Å². The minimum atomic E-state index is -0.275. The van der Waals surface area contributed by atoms with Gasteiger partial charge in [0.25, 0.3) is 5.56 Å². The molecule has 0 saturated heterocycles. The summed E-state index contributed by atoms with van der Waals surface area (Å²) in [6.45, 7) is 2.17. The van der Waals surface area contributed by atoms with Crippen molar-refractivity contribution in [1.82, 2.24) is 19.3 Å². The normalized spacial score (nSPS) is 10.9. The summed E-state index contributed by atoms with van der Waals surface area (Å²) in [4.78, 5) is 29.6. The molecular weight excluding hydrogens is 418 g/mol. The summed E-state index contributed by atoms with van der Waals surface area (Å²) in [5.74, 6) is 0.226. The Balaban J connectivity index is 1.51. The Kier molecular flexibility index (Phi) is 5.73. The van der Waals surface area contributed by atoms with Crippen LogP contribution in [-0.4, -0.2) is 32.3 Å². The summed E-state index contributed by atoms with van der Waals surface area (Å²) < 4.78 is 8.25. The number of carbonyl (C=O) groups excluding carboxylic acids is 1. The molecular formula is C22H20ClN5O3. The van der Waals surface area contributed by atoms with Crippen molar-refractivity contribution in [2.75, 3.05) is 12.4 Å². The first kappa shape index (κ1) is 20.6. The van der Waals surface area contributed by atoms with Gasteiger partial charge in [0.1, 0.15) is 11.1 Å². The summed E-state index contributed by atoms with van der Waals surface area (Å²) in [5, 5.41) is 7.94. The summed E-state index contributed by atoms with van der Waals surface area (Å²) in [6.07, 6.45) is 3.01. The first-order valence-corrected chi connectivity index (χ1v) is 9.97. The minimum absolute atomic E-state index is 0.0782. The number of carbonyl (C=O) groups is 1. The molecule has 4 aromatic rings. The highest BCUT2D eigenvalue weighted by molar-refractivity contribution is 6.31. The lowest BCUT2D eigenvalue weighted by atomic mass is 10.2. The number of rotatable bonds is 6. The second-order valence-electron chi connectivity index (χ2n) is 7.02. The molecule has 0 aliphatic rings. The lowest BCUT2D eigenvalue weighted by Gasteiger charge is -2.11. The molecule has 9 heteroatoms. The van der Waals surface area contributed by atoms with E-state index in [2.05, 4.69) is 15.4 Å². The number of ether oxygens (including phenoxy) is 1. The zero-order valence-corrected chi connectivity index (χ0v) is 17.8. The van der Waals surface area contributed by atoms with E-state index in [1.807, 2.05) is 31.2 Å². The Morgan fingerprint density at radius 2 is 1.97 bits per heavy atom. The predicted molar refractivity (Wildman–Crippen MR) is 119 cm³/mol. The van der Waals surface area contributed by atoms with Crippen LogP contribution in [0.3, 0.4) is 0 Å². The van der Waals surface area contributed by atoms with Gasteiger partial charge in [0.15, 0.2) is 5.65 Å². The number of hydrogen-bond donors (Lipinski definition) is 1. The Morgan fingerprint density at radius 3 is 2.71 bits per heavy atom. The number of nitrogens with zero attached hydrogens (tertiary/aromatic N) is 4. The molecule has 0 spiro atoms. The van der Waals surface area contributed by atoms with Crippen molar-refractivity contribution < 1.29 is 9.53 Å². The van der Waals surface area contributed by atoms with Crippen LogP contribution in [0.25, 0.3) is 16.7 Å². The molecule has 1 N–H and O–H groups in total. The van der Waals surface area contributed by atoms with Crippen molar-refractivity contribution in [1.29, 1.82) is 0 Å². The van der Waals surface area contributed by atoms with Gasteiger partial charge in [-0.05, 0) is 37.3 Å². The van der Waals surface area contributed by atoms with E-state index in [4.69, 9.17) is 16.3 Å². The molecule has 1 amide bonds. The number of aromatic nitrogens is 4. The lowest BCUT2D eigenvalue weighted by Crippen LogP contribution is -2.23. The maximum atomic E-state index is 12.8. The van der Waals surface area contributed by atoms with E-state index in [9.17, 15) is 9.59 Å². The van der Waals surface area contributed by atoms with Gasteiger partial charge in [-0.1, -0.05) is 29.3 Å². The van der Waals surface area contributed by atoms with E-state index in [1.165, 1.54) is 24.2 Å². The Morgan fingerprint density at radius 1 is 1.19 bits per heavy atom. The van der Waals surface area contributed by atoms with Gasteiger partial charge in [-0.25, -0.2) is 9.67 Å². The molecule has 0 radical (unpaired) electrons. The lowest BCUT2D eigenvalue weighted by molar-refractivity contribution is -0.116. The second-order valence-corrected chi connectivity index (χ2v) is 7.45. The second kappa shape index (κ2) is 8.61. The number of aryl methyl sites for hydroxylation is 2. The molecule has 0 unspecified atom stereocenters. The van der Waals surface area contributed by atoms with Crippen LogP contribution in [0.5, 0.6) is 5.75 Å². The highest BCUT2D eigenvalue weighted by Crippen LogP contribution is 2.27. The van der Waals surface area contributed by atoms with Crippen LogP contribution in [-0.2, 0) is 11.3 Å². The maximum absolute atomic E-state index is 12.8. The molecule has 0 bridgehead atoms. The fourth-order valence-electron chi connectivity index (χ4n) is 3.20. The highest BCUT2D eigenvalue weighted by atomic mass is 35.5. The van der Waals surface area contributed by atoms with Crippen molar-refractivity contribution in [3.8, 4) is 11.4 Å². The number of nitrogens with one attached hydrogen (secondary N) is 1. The van der Waals surface area contributed by atoms with Crippen LogP contribution in [0.4, 0.5) is 5.69 Å².